The zero-order valence-electron chi connectivity index (χ0n) is 36.6. The molecule has 0 saturated heterocycles. The van der Waals surface area contributed by atoms with E-state index in [1.165, 1.54) is 49.3 Å². The Kier molecular flexibility index (Phi) is 9.17. The fourth-order valence-corrected chi connectivity index (χ4v) is 10.5. The molecule has 3 heteroatoms. The monoisotopic (exact) mass is 854 g/mol. The fourth-order valence-electron chi connectivity index (χ4n) is 10.5. The molecule has 0 radical (unpaired) electrons. The van der Waals surface area contributed by atoms with Crippen molar-refractivity contribution in [3.05, 3.63) is 255 Å². The van der Waals surface area contributed by atoms with E-state index in [4.69, 9.17) is 4.42 Å². The molecule has 0 aliphatic carbocycles. The summed E-state index contributed by atoms with van der Waals surface area (Å²) in [7, 11) is 0. The minimum atomic E-state index is 0.866. The van der Waals surface area contributed by atoms with Crippen molar-refractivity contribution in [1.29, 1.82) is 0 Å². The van der Waals surface area contributed by atoms with Crippen LogP contribution >= 0.6 is 0 Å². The first-order valence-corrected chi connectivity index (χ1v) is 22.9. The van der Waals surface area contributed by atoms with Crippen LogP contribution in [0, 0.1) is 0 Å². The first kappa shape index (κ1) is 38.5. The summed E-state index contributed by atoms with van der Waals surface area (Å²) >= 11 is 0. The lowest BCUT2D eigenvalue weighted by Gasteiger charge is -2.32. The zero-order valence-corrected chi connectivity index (χ0v) is 36.6. The largest absolute Gasteiger partial charge is 0.456 e. The summed E-state index contributed by atoms with van der Waals surface area (Å²) in [4.78, 5) is 2.50. The third-order valence-corrected chi connectivity index (χ3v) is 13.4. The van der Waals surface area contributed by atoms with E-state index in [1.807, 2.05) is 12.1 Å². The molecule has 0 amide bonds. The number of rotatable bonds is 8. The third-order valence-electron chi connectivity index (χ3n) is 13.4. The molecule has 11 aromatic carbocycles. The van der Waals surface area contributed by atoms with E-state index in [2.05, 4.69) is 252 Å². The molecule has 13 aromatic rings. The molecule has 2 heterocycles. The van der Waals surface area contributed by atoms with Crippen LogP contribution in [0.2, 0.25) is 0 Å². The van der Waals surface area contributed by atoms with Crippen LogP contribution in [0.1, 0.15) is 0 Å². The summed E-state index contributed by atoms with van der Waals surface area (Å²) in [6.45, 7) is 0. The van der Waals surface area contributed by atoms with Crippen molar-refractivity contribution in [2.24, 2.45) is 0 Å². The molecule has 0 aliphatic rings. The second-order valence-corrected chi connectivity index (χ2v) is 17.2. The van der Waals surface area contributed by atoms with Gasteiger partial charge < -0.3 is 13.9 Å². The minimum absolute atomic E-state index is 0.866. The van der Waals surface area contributed by atoms with Gasteiger partial charge in [0.25, 0.3) is 0 Å². The predicted molar refractivity (Wildman–Crippen MR) is 282 cm³/mol. The summed E-state index contributed by atoms with van der Waals surface area (Å²) < 4.78 is 8.96. The summed E-state index contributed by atoms with van der Waals surface area (Å²) in [6, 6.07) is 92.1. The zero-order chi connectivity index (χ0) is 44.3. The normalized spacial score (nSPS) is 11.6. The van der Waals surface area contributed by atoms with Crippen molar-refractivity contribution in [2.75, 3.05) is 4.90 Å². The number of aromatic nitrogens is 1. The number of para-hydroxylation sites is 7. The summed E-state index contributed by atoms with van der Waals surface area (Å²) in [6.07, 6.45) is 0. The van der Waals surface area contributed by atoms with E-state index < -0.39 is 0 Å². The molecule has 0 fully saturated rings. The van der Waals surface area contributed by atoms with Crippen molar-refractivity contribution in [3.63, 3.8) is 0 Å². The number of hydrogen-bond donors (Lipinski definition) is 0. The molecule has 0 unspecified atom stereocenters. The Bertz CT molecular complexity index is 3990. The molecule has 2 aromatic heterocycles. The van der Waals surface area contributed by atoms with Gasteiger partial charge in [-0.1, -0.05) is 200 Å². The smallest absolute Gasteiger partial charge is 0.136 e. The van der Waals surface area contributed by atoms with E-state index in [0.29, 0.717) is 0 Å². The summed E-state index contributed by atoms with van der Waals surface area (Å²) in [5.41, 5.74) is 17.5. The maximum absolute atomic E-state index is 6.52. The second-order valence-electron chi connectivity index (χ2n) is 17.2. The maximum atomic E-state index is 6.52. The average Bonchev–Trinajstić information content (AvgIpc) is 3.95. The maximum Gasteiger partial charge on any atom is 0.136 e. The molecule has 314 valence electrons. The number of fused-ring (bicyclic) bond motifs is 7. The Hall–Kier alpha value is -8.92. The Morgan fingerprint density at radius 2 is 0.836 bits per heavy atom. The quantitative estimate of drug-likeness (QED) is 0.152. The Balaban J connectivity index is 1.11. The standard InChI is InChI=1S/C64H42N2O/c1-3-20-43(21-4-1)48-31-17-22-44-23-18-32-54(63(44)48)49-27-8-14-37-59(49)66(57-35-12-7-26-47(57)45-40-41-53-52-30-11-16-39-61(52)67-62(53)42-45)60-38-15-10-29-51(60)56-34-19-33-55-50-28-9-13-36-58(50)65(64(55)56)46-24-5-2-6-25-46/h1-42H. The highest BCUT2D eigenvalue weighted by Crippen LogP contribution is 2.51. The number of furan rings is 1. The van der Waals surface area contributed by atoms with E-state index in [0.717, 1.165) is 72.5 Å². The number of hydrogen-bond acceptors (Lipinski definition) is 2. The lowest BCUT2D eigenvalue weighted by molar-refractivity contribution is 0.669. The van der Waals surface area contributed by atoms with Gasteiger partial charge in [-0.05, 0) is 87.6 Å². The topological polar surface area (TPSA) is 21.3 Å². The van der Waals surface area contributed by atoms with Gasteiger partial charge >= 0.3 is 0 Å². The summed E-state index contributed by atoms with van der Waals surface area (Å²) in [5, 5.41) is 7.07. The van der Waals surface area contributed by atoms with Crippen LogP contribution in [0.15, 0.2) is 259 Å². The first-order chi connectivity index (χ1) is 33.3. The van der Waals surface area contributed by atoms with E-state index >= 15 is 0 Å². The molecule has 0 saturated carbocycles. The molecule has 0 spiro atoms. The Morgan fingerprint density at radius 3 is 1.60 bits per heavy atom. The first-order valence-electron chi connectivity index (χ1n) is 22.9. The molecule has 0 aliphatic heterocycles. The van der Waals surface area contributed by atoms with Crippen LogP contribution in [0.4, 0.5) is 17.1 Å². The van der Waals surface area contributed by atoms with Crippen LogP contribution < -0.4 is 4.90 Å². The number of nitrogens with zero attached hydrogens (tertiary/aromatic N) is 2. The van der Waals surface area contributed by atoms with Gasteiger partial charge in [0.05, 0.1) is 28.1 Å². The van der Waals surface area contributed by atoms with Gasteiger partial charge in [-0.25, -0.2) is 0 Å². The average molecular weight is 855 g/mol. The van der Waals surface area contributed by atoms with Crippen LogP contribution in [-0.2, 0) is 0 Å². The van der Waals surface area contributed by atoms with Gasteiger partial charge in [-0.2, -0.15) is 0 Å². The Morgan fingerprint density at radius 1 is 0.313 bits per heavy atom. The van der Waals surface area contributed by atoms with Gasteiger partial charge in [-0.3, -0.25) is 0 Å². The lowest BCUT2D eigenvalue weighted by Crippen LogP contribution is -2.14. The molecule has 0 atom stereocenters. The molecule has 3 nitrogen and oxygen atoms in total. The van der Waals surface area contributed by atoms with Crippen LogP contribution in [0.5, 0.6) is 0 Å². The Labute approximate surface area is 388 Å². The second kappa shape index (κ2) is 16.0. The van der Waals surface area contributed by atoms with Crippen molar-refractivity contribution >= 4 is 71.6 Å². The fraction of sp³-hybridized carbons (Fsp3) is 0. The van der Waals surface area contributed by atoms with E-state index in [9.17, 15) is 0 Å². The molecule has 0 bridgehead atoms. The third kappa shape index (κ3) is 6.35. The van der Waals surface area contributed by atoms with Crippen molar-refractivity contribution in [1.82, 2.24) is 4.57 Å². The van der Waals surface area contributed by atoms with E-state index in [-0.39, 0.29) is 0 Å². The number of benzene rings is 11. The van der Waals surface area contributed by atoms with Crippen LogP contribution in [0.3, 0.4) is 0 Å². The van der Waals surface area contributed by atoms with Gasteiger partial charge in [-0.15, -0.1) is 0 Å². The van der Waals surface area contributed by atoms with Gasteiger partial charge in [0.15, 0.2) is 0 Å². The van der Waals surface area contributed by atoms with Gasteiger partial charge in [0, 0.05) is 49.5 Å². The molecular formula is C64H42N2O. The highest BCUT2D eigenvalue weighted by Gasteiger charge is 2.26. The highest BCUT2D eigenvalue weighted by molar-refractivity contribution is 6.16. The lowest BCUT2D eigenvalue weighted by atomic mass is 9.90. The van der Waals surface area contributed by atoms with Crippen molar-refractivity contribution < 1.29 is 4.42 Å². The molecular weight excluding hydrogens is 813 g/mol. The van der Waals surface area contributed by atoms with Gasteiger partial charge in [0.2, 0.25) is 0 Å². The van der Waals surface area contributed by atoms with Crippen molar-refractivity contribution in [2.45, 2.75) is 0 Å². The molecule has 13 rings (SSSR count). The summed E-state index contributed by atoms with van der Waals surface area (Å²) in [5.74, 6) is 0. The predicted octanol–water partition coefficient (Wildman–Crippen LogP) is 18.0. The van der Waals surface area contributed by atoms with Gasteiger partial charge in [0.1, 0.15) is 11.2 Å². The minimum Gasteiger partial charge on any atom is -0.456 e. The van der Waals surface area contributed by atoms with Crippen molar-refractivity contribution in [3.8, 4) is 50.2 Å². The van der Waals surface area contributed by atoms with E-state index in [1.54, 1.807) is 0 Å². The van der Waals surface area contributed by atoms with Crippen LogP contribution in [-0.4, -0.2) is 4.57 Å². The SMILES string of the molecule is c1ccc(-c2cccc3cccc(-c4ccccc4N(c4ccccc4-c4ccc5c(c4)oc4ccccc45)c4ccccc4-c4cccc5c6ccccc6n(-c6ccccc6)c45)c23)cc1. The molecule has 67 heavy (non-hydrogen) atoms. The number of anilines is 3. The highest BCUT2D eigenvalue weighted by atomic mass is 16.3. The van der Waals surface area contributed by atoms with Crippen LogP contribution in [0.25, 0.3) is 105 Å². The molecule has 0 N–H and O–H groups in total.